The van der Waals surface area contributed by atoms with E-state index in [1.165, 1.54) is 12.1 Å². The second-order valence-electron chi connectivity index (χ2n) is 2.37. The summed E-state index contributed by atoms with van der Waals surface area (Å²) < 4.78 is 36.0. The molecule has 0 spiro atoms. The number of alkyl halides is 3. The molecule has 0 saturated heterocycles. The molecule has 0 aliphatic heterocycles. The normalized spacial score (nSPS) is 12.2. The lowest BCUT2D eigenvalue weighted by molar-refractivity contribution is 0.220. The standard InChI is InChI=1S/C9H8F3N/c10-6-8(9(11)12)13-7-4-2-1-3-5-7/h1-5,9H,6H2. The highest BCUT2D eigenvalue weighted by Crippen LogP contribution is 2.12. The average Bonchev–Trinajstić information content (AvgIpc) is 2.15. The molecule has 0 unspecified atom stereocenters. The van der Waals surface area contributed by atoms with E-state index in [9.17, 15) is 13.2 Å². The Morgan fingerprint density at radius 3 is 2.31 bits per heavy atom. The number of halogens is 3. The Morgan fingerprint density at radius 1 is 1.23 bits per heavy atom. The van der Waals surface area contributed by atoms with Gasteiger partial charge in [-0.2, -0.15) is 0 Å². The first kappa shape index (κ1) is 9.77. The van der Waals surface area contributed by atoms with Gasteiger partial charge in [-0.3, -0.25) is 0 Å². The van der Waals surface area contributed by atoms with Crippen LogP contribution in [0.2, 0.25) is 0 Å². The molecule has 0 aliphatic rings. The van der Waals surface area contributed by atoms with Gasteiger partial charge in [0.2, 0.25) is 0 Å². The van der Waals surface area contributed by atoms with Gasteiger partial charge in [-0.25, -0.2) is 18.2 Å². The second-order valence-corrected chi connectivity index (χ2v) is 2.37. The lowest BCUT2D eigenvalue weighted by atomic mass is 10.3. The molecule has 1 aromatic carbocycles. The van der Waals surface area contributed by atoms with Gasteiger partial charge in [0.05, 0.1) is 5.69 Å². The molecule has 1 nitrogen and oxygen atoms in total. The van der Waals surface area contributed by atoms with Crippen LogP contribution < -0.4 is 0 Å². The van der Waals surface area contributed by atoms with Gasteiger partial charge in [0.15, 0.2) is 0 Å². The van der Waals surface area contributed by atoms with Crippen molar-refractivity contribution in [2.24, 2.45) is 4.99 Å². The molecular formula is C9H8F3N. The van der Waals surface area contributed by atoms with E-state index in [4.69, 9.17) is 0 Å². The Bertz CT molecular complexity index is 282. The predicted molar refractivity (Wildman–Crippen MR) is 45.5 cm³/mol. The molecular weight excluding hydrogens is 179 g/mol. The number of nitrogens with zero attached hydrogens (tertiary/aromatic N) is 1. The quantitative estimate of drug-likeness (QED) is 0.645. The first-order valence-electron chi connectivity index (χ1n) is 3.70. The zero-order chi connectivity index (χ0) is 9.68. The fourth-order valence-electron chi connectivity index (χ4n) is 0.805. The highest BCUT2D eigenvalue weighted by Gasteiger charge is 2.12. The topological polar surface area (TPSA) is 12.4 Å². The summed E-state index contributed by atoms with van der Waals surface area (Å²) in [6.45, 7) is -1.22. The smallest absolute Gasteiger partial charge is 0.249 e. The second kappa shape index (κ2) is 4.64. The molecule has 0 atom stereocenters. The van der Waals surface area contributed by atoms with Gasteiger partial charge >= 0.3 is 0 Å². The first-order valence-corrected chi connectivity index (χ1v) is 3.70. The van der Waals surface area contributed by atoms with Gasteiger partial charge in [0, 0.05) is 0 Å². The Balaban J connectivity index is 2.85. The molecule has 0 saturated carbocycles. The van der Waals surface area contributed by atoms with Crippen molar-refractivity contribution in [2.45, 2.75) is 6.43 Å². The Morgan fingerprint density at radius 2 is 1.85 bits per heavy atom. The van der Waals surface area contributed by atoms with Crippen LogP contribution in [0.5, 0.6) is 0 Å². The summed E-state index contributed by atoms with van der Waals surface area (Å²) in [5.74, 6) is 0. The SMILES string of the molecule is FCC(=Nc1ccccc1)C(F)F. The number of hydrogen-bond donors (Lipinski definition) is 0. The van der Waals surface area contributed by atoms with Crippen molar-refractivity contribution in [1.82, 2.24) is 0 Å². The summed E-state index contributed by atoms with van der Waals surface area (Å²) in [6, 6.07) is 8.12. The Kier molecular flexibility index (Phi) is 3.49. The molecule has 4 heteroatoms. The van der Waals surface area contributed by atoms with Crippen molar-refractivity contribution < 1.29 is 13.2 Å². The molecule has 70 valence electrons. The van der Waals surface area contributed by atoms with Gasteiger partial charge in [-0.15, -0.1) is 0 Å². The minimum absolute atomic E-state index is 0.343. The van der Waals surface area contributed by atoms with Crippen LogP contribution in [0.25, 0.3) is 0 Å². The summed E-state index contributed by atoms with van der Waals surface area (Å²) in [5, 5.41) is 0. The van der Waals surface area contributed by atoms with Crippen molar-refractivity contribution in [1.29, 1.82) is 0 Å². The molecule has 0 bridgehead atoms. The van der Waals surface area contributed by atoms with E-state index in [1.54, 1.807) is 18.2 Å². The van der Waals surface area contributed by atoms with Gasteiger partial charge in [0.1, 0.15) is 12.4 Å². The molecule has 0 N–H and O–H groups in total. The average molecular weight is 187 g/mol. The zero-order valence-corrected chi connectivity index (χ0v) is 6.75. The van der Waals surface area contributed by atoms with E-state index < -0.39 is 18.8 Å². The molecule has 0 aliphatic carbocycles. The monoisotopic (exact) mass is 187 g/mol. The molecule has 0 heterocycles. The number of rotatable bonds is 3. The summed E-state index contributed by atoms with van der Waals surface area (Å²) in [7, 11) is 0. The highest BCUT2D eigenvalue weighted by atomic mass is 19.3. The molecule has 13 heavy (non-hydrogen) atoms. The predicted octanol–water partition coefficient (Wildman–Crippen LogP) is 2.99. The largest absolute Gasteiger partial charge is 0.279 e. The van der Waals surface area contributed by atoms with Gasteiger partial charge in [0.25, 0.3) is 6.43 Å². The fraction of sp³-hybridized carbons (Fsp3) is 0.222. The van der Waals surface area contributed by atoms with Crippen molar-refractivity contribution in [3.63, 3.8) is 0 Å². The van der Waals surface area contributed by atoms with Crippen LogP contribution in [-0.4, -0.2) is 18.8 Å². The third-order valence-corrected chi connectivity index (χ3v) is 1.42. The first-order chi connectivity index (χ1) is 6.24. The van der Waals surface area contributed by atoms with Crippen LogP contribution in [0.1, 0.15) is 0 Å². The van der Waals surface area contributed by atoms with E-state index in [2.05, 4.69) is 4.99 Å². The lowest BCUT2D eigenvalue weighted by Crippen LogP contribution is -2.11. The van der Waals surface area contributed by atoms with Crippen LogP contribution in [0, 0.1) is 0 Å². The number of benzene rings is 1. The number of aliphatic imine (C=N–C) groups is 1. The van der Waals surface area contributed by atoms with Gasteiger partial charge in [-0.05, 0) is 12.1 Å². The maximum atomic E-state index is 12.0. The Labute approximate surface area is 73.9 Å². The zero-order valence-electron chi connectivity index (χ0n) is 6.75. The van der Waals surface area contributed by atoms with E-state index in [0.29, 0.717) is 5.69 Å². The third-order valence-electron chi connectivity index (χ3n) is 1.42. The van der Waals surface area contributed by atoms with Crippen LogP contribution in [0.4, 0.5) is 18.9 Å². The fourth-order valence-corrected chi connectivity index (χ4v) is 0.805. The van der Waals surface area contributed by atoms with E-state index in [0.717, 1.165) is 0 Å². The van der Waals surface area contributed by atoms with Crippen LogP contribution in [0.15, 0.2) is 35.3 Å². The molecule has 0 amide bonds. The van der Waals surface area contributed by atoms with Crippen LogP contribution in [-0.2, 0) is 0 Å². The van der Waals surface area contributed by atoms with Crippen molar-refractivity contribution in [2.75, 3.05) is 6.67 Å². The molecule has 0 radical (unpaired) electrons. The molecule has 0 fully saturated rings. The Hall–Kier alpha value is -1.32. The van der Waals surface area contributed by atoms with Crippen LogP contribution >= 0.6 is 0 Å². The minimum Gasteiger partial charge on any atom is -0.249 e. The van der Waals surface area contributed by atoms with Crippen molar-refractivity contribution >= 4 is 11.4 Å². The van der Waals surface area contributed by atoms with Crippen molar-refractivity contribution in [3.05, 3.63) is 30.3 Å². The maximum Gasteiger partial charge on any atom is 0.279 e. The molecule has 1 rings (SSSR count). The van der Waals surface area contributed by atoms with Crippen molar-refractivity contribution in [3.8, 4) is 0 Å². The van der Waals surface area contributed by atoms with E-state index in [1.807, 2.05) is 0 Å². The summed E-state index contributed by atoms with van der Waals surface area (Å²) in [6.07, 6.45) is -2.83. The van der Waals surface area contributed by atoms with Gasteiger partial charge in [-0.1, -0.05) is 18.2 Å². The summed E-state index contributed by atoms with van der Waals surface area (Å²) in [4.78, 5) is 3.47. The maximum absolute atomic E-state index is 12.0. The lowest BCUT2D eigenvalue weighted by Gasteiger charge is -1.99. The third kappa shape index (κ3) is 2.89. The number of para-hydroxylation sites is 1. The highest BCUT2D eigenvalue weighted by molar-refractivity contribution is 5.90. The summed E-state index contributed by atoms with van der Waals surface area (Å²) >= 11 is 0. The molecule has 0 aromatic heterocycles. The van der Waals surface area contributed by atoms with E-state index in [-0.39, 0.29) is 0 Å². The van der Waals surface area contributed by atoms with E-state index >= 15 is 0 Å². The van der Waals surface area contributed by atoms with Crippen LogP contribution in [0.3, 0.4) is 0 Å². The summed E-state index contributed by atoms with van der Waals surface area (Å²) in [5.41, 5.74) is -0.387. The van der Waals surface area contributed by atoms with Gasteiger partial charge < -0.3 is 0 Å². The minimum atomic E-state index is -2.83. The molecule has 1 aromatic rings. The number of hydrogen-bond acceptors (Lipinski definition) is 1.